The standard InChI is InChI=1S/C15H15NO3/c1-11(12-7-4-3-5-8-12)16-10-6-9-13(14(16)17)15(18)19-2/h3-11H,1-2H3/t11-/m1/s1. The maximum absolute atomic E-state index is 12.2. The van der Waals surface area contributed by atoms with Crippen LogP contribution in [0.5, 0.6) is 0 Å². The van der Waals surface area contributed by atoms with Gasteiger partial charge in [-0.05, 0) is 24.6 Å². The number of carbonyl (C=O) groups excluding carboxylic acids is 1. The summed E-state index contributed by atoms with van der Waals surface area (Å²) in [6.07, 6.45) is 1.67. The molecule has 0 bridgehead atoms. The van der Waals surface area contributed by atoms with E-state index in [2.05, 4.69) is 4.74 Å². The van der Waals surface area contributed by atoms with Crippen molar-refractivity contribution >= 4 is 5.97 Å². The fourth-order valence-electron chi connectivity index (χ4n) is 1.97. The van der Waals surface area contributed by atoms with E-state index < -0.39 is 5.97 Å². The molecule has 0 unspecified atom stereocenters. The van der Waals surface area contributed by atoms with Crippen molar-refractivity contribution in [2.75, 3.05) is 7.11 Å². The molecule has 1 heterocycles. The number of benzene rings is 1. The molecule has 0 fully saturated rings. The molecule has 0 aliphatic rings. The third kappa shape index (κ3) is 2.57. The fraction of sp³-hybridized carbons (Fsp3) is 0.200. The van der Waals surface area contributed by atoms with Crippen LogP contribution in [0.3, 0.4) is 0 Å². The Morgan fingerprint density at radius 3 is 2.47 bits per heavy atom. The Kier molecular flexibility index (Phi) is 3.80. The summed E-state index contributed by atoms with van der Waals surface area (Å²) >= 11 is 0. The molecule has 1 aromatic heterocycles. The number of carbonyl (C=O) groups is 1. The summed E-state index contributed by atoms with van der Waals surface area (Å²) in [5.74, 6) is -0.611. The van der Waals surface area contributed by atoms with Crippen molar-refractivity contribution in [3.63, 3.8) is 0 Å². The number of rotatable bonds is 3. The van der Waals surface area contributed by atoms with Gasteiger partial charge in [-0.25, -0.2) is 4.79 Å². The largest absolute Gasteiger partial charge is 0.465 e. The normalized spacial score (nSPS) is 11.9. The average molecular weight is 257 g/mol. The molecule has 0 N–H and O–H groups in total. The lowest BCUT2D eigenvalue weighted by Gasteiger charge is -2.16. The second-order valence-electron chi connectivity index (χ2n) is 4.21. The molecule has 1 atom stereocenters. The van der Waals surface area contributed by atoms with Gasteiger partial charge < -0.3 is 9.30 Å². The van der Waals surface area contributed by atoms with E-state index >= 15 is 0 Å². The Bertz CT molecular complexity index is 631. The van der Waals surface area contributed by atoms with Crippen LogP contribution in [0.15, 0.2) is 53.5 Å². The molecule has 0 aliphatic carbocycles. The predicted molar refractivity (Wildman–Crippen MR) is 72.3 cm³/mol. The van der Waals surface area contributed by atoms with Crippen molar-refractivity contribution in [2.24, 2.45) is 0 Å². The molecule has 2 aromatic rings. The molecule has 98 valence electrons. The smallest absolute Gasteiger partial charge is 0.343 e. The second kappa shape index (κ2) is 5.52. The monoisotopic (exact) mass is 257 g/mol. The average Bonchev–Trinajstić information content (AvgIpc) is 2.47. The molecule has 0 saturated carbocycles. The third-order valence-corrected chi connectivity index (χ3v) is 3.08. The zero-order valence-electron chi connectivity index (χ0n) is 10.9. The van der Waals surface area contributed by atoms with E-state index in [1.165, 1.54) is 17.7 Å². The van der Waals surface area contributed by atoms with E-state index in [0.29, 0.717) is 0 Å². The fourth-order valence-corrected chi connectivity index (χ4v) is 1.97. The van der Waals surface area contributed by atoms with E-state index in [0.717, 1.165) is 5.56 Å². The third-order valence-electron chi connectivity index (χ3n) is 3.08. The molecule has 0 aliphatic heterocycles. The molecule has 4 heteroatoms. The van der Waals surface area contributed by atoms with Crippen molar-refractivity contribution < 1.29 is 9.53 Å². The number of hydrogen-bond acceptors (Lipinski definition) is 3. The molecule has 1 aromatic carbocycles. The summed E-state index contributed by atoms with van der Waals surface area (Å²) < 4.78 is 6.13. The number of nitrogens with zero attached hydrogens (tertiary/aromatic N) is 1. The van der Waals surface area contributed by atoms with Crippen LogP contribution >= 0.6 is 0 Å². The molecule has 2 rings (SSSR count). The first-order chi connectivity index (χ1) is 9.15. The van der Waals surface area contributed by atoms with Crippen LogP contribution in [0.4, 0.5) is 0 Å². The maximum atomic E-state index is 12.2. The van der Waals surface area contributed by atoms with Gasteiger partial charge in [-0.15, -0.1) is 0 Å². The minimum atomic E-state index is -0.611. The van der Waals surface area contributed by atoms with Gasteiger partial charge in [0.05, 0.1) is 13.2 Å². The molecule has 4 nitrogen and oxygen atoms in total. The lowest BCUT2D eigenvalue weighted by atomic mass is 10.1. The zero-order chi connectivity index (χ0) is 13.8. The summed E-state index contributed by atoms with van der Waals surface area (Å²) in [6, 6.07) is 12.7. The molecule has 0 radical (unpaired) electrons. The summed E-state index contributed by atoms with van der Waals surface area (Å²) in [5.41, 5.74) is 0.713. The minimum absolute atomic E-state index is 0.0489. The van der Waals surface area contributed by atoms with Gasteiger partial charge in [-0.2, -0.15) is 0 Å². The van der Waals surface area contributed by atoms with Gasteiger partial charge in [0.15, 0.2) is 0 Å². The van der Waals surface area contributed by atoms with E-state index in [-0.39, 0.29) is 17.2 Å². The molecular formula is C15H15NO3. The van der Waals surface area contributed by atoms with Crippen LogP contribution in [0.25, 0.3) is 0 Å². The van der Waals surface area contributed by atoms with E-state index in [9.17, 15) is 9.59 Å². The molecule has 0 spiro atoms. The van der Waals surface area contributed by atoms with Crippen molar-refractivity contribution in [1.82, 2.24) is 4.57 Å². The van der Waals surface area contributed by atoms with Gasteiger partial charge in [0.1, 0.15) is 5.56 Å². The van der Waals surface area contributed by atoms with Crippen LogP contribution < -0.4 is 5.56 Å². The minimum Gasteiger partial charge on any atom is -0.465 e. The van der Waals surface area contributed by atoms with Crippen LogP contribution in [0.2, 0.25) is 0 Å². The van der Waals surface area contributed by atoms with Gasteiger partial charge in [0.25, 0.3) is 5.56 Å². The summed E-state index contributed by atoms with van der Waals surface area (Å²) in [4.78, 5) is 23.8. The SMILES string of the molecule is COC(=O)c1cccn([C@H](C)c2ccccc2)c1=O. The first-order valence-electron chi connectivity index (χ1n) is 5.99. The Labute approximate surface area is 111 Å². The van der Waals surface area contributed by atoms with Crippen LogP contribution in [-0.2, 0) is 4.74 Å². The van der Waals surface area contributed by atoms with Crippen LogP contribution in [0, 0.1) is 0 Å². The number of pyridine rings is 1. The van der Waals surface area contributed by atoms with Gasteiger partial charge >= 0.3 is 5.97 Å². The topological polar surface area (TPSA) is 48.3 Å². The predicted octanol–water partition coefficient (Wildman–Crippen LogP) is 2.24. The van der Waals surface area contributed by atoms with Gasteiger partial charge in [0, 0.05) is 6.20 Å². The lowest BCUT2D eigenvalue weighted by molar-refractivity contribution is 0.0598. The van der Waals surface area contributed by atoms with Crippen molar-refractivity contribution in [3.05, 3.63) is 70.1 Å². The molecule has 19 heavy (non-hydrogen) atoms. The summed E-state index contributed by atoms with van der Waals surface area (Å²) in [7, 11) is 1.26. The Balaban J connectivity index is 2.47. The van der Waals surface area contributed by atoms with Crippen molar-refractivity contribution in [1.29, 1.82) is 0 Å². The van der Waals surface area contributed by atoms with Crippen molar-refractivity contribution in [3.8, 4) is 0 Å². The molecule has 0 amide bonds. The van der Waals surface area contributed by atoms with Crippen molar-refractivity contribution in [2.45, 2.75) is 13.0 Å². The highest BCUT2D eigenvalue weighted by molar-refractivity contribution is 5.88. The first kappa shape index (κ1) is 13.1. The van der Waals surface area contributed by atoms with Gasteiger partial charge in [-0.3, -0.25) is 4.79 Å². The van der Waals surface area contributed by atoms with Crippen LogP contribution in [0.1, 0.15) is 28.9 Å². The lowest BCUT2D eigenvalue weighted by Crippen LogP contribution is -2.28. The second-order valence-corrected chi connectivity index (χ2v) is 4.21. The Morgan fingerprint density at radius 1 is 1.16 bits per heavy atom. The number of aromatic nitrogens is 1. The van der Waals surface area contributed by atoms with Crippen LogP contribution in [-0.4, -0.2) is 17.6 Å². The molecular weight excluding hydrogens is 242 g/mol. The number of esters is 1. The number of methoxy groups -OCH3 is 1. The quantitative estimate of drug-likeness (QED) is 0.792. The maximum Gasteiger partial charge on any atom is 0.343 e. The highest BCUT2D eigenvalue weighted by atomic mass is 16.5. The summed E-state index contributed by atoms with van der Waals surface area (Å²) in [5, 5.41) is 0. The van der Waals surface area contributed by atoms with Gasteiger partial charge in [-0.1, -0.05) is 30.3 Å². The Hall–Kier alpha value is -2.36. The van der Waals surface area contributed by atoms with Gasteiger partial charge in [0.2, 0.25) is 0 Å². The zero-order valence-corrected chi connectivity index (χ0v) is 10.9. The molecule has 0 saturated heterocycles. The Morgan fingerprint density at radius 2 is 1.84 bits per heavy atom. The van der Waals surface area contributed by atoms with E-state index in [4.69, 9.17) is 0 Å². The summed E-state index contributed by atoms with van der Waals surface area (Å²) in [6.45, 7) is 1.91. The van der Waals surface area contributed by atoms with E-state index in [1.54, 1.807) is 12.3 Å². The highest BCUT2D eigenvalue weighted by Gasteiger charge is 2.15. The first-order valence-corrected chi connectivity index (χ1v) is 5.99. The highest BCUT2D eigenvalue weighted by Crippen LogP contribution is 2.15. The van der Waals surface area contributed by atoms with E-state index in [1.807, 2.05) is 37.3 Å². The number of ether oxygens (including phenoxy) is 1. The number of hydrogen-bond donors (Lipinski definition) is 0.